The fraction of sp³-hybridized carbons (Fsp3) is 0.200. The Morgan fingerprint density at radius 3 is 2.36 bits per heavy atom. The first-order valence-electron chi connectivity index (χ1n) is 9.35. The van der Waals surface area contributed by atoms with Crippen LogP contribution in [0.15, 0.2) is 84.9 Å². The molecule has 3 heteroatoms. The van der Waals surface area contributed by atoms with Crippen LogP contribution in [0.5, 0.6) is 11.5 Å². The van der Waals surface area contributed by atoms with Crippen molar-refractivity contribution >= 4 is 6.08 Å². The molecule has 0 aliphatic carbocycles. The quantitative estimate of drug-likeness (QED) is 0.427. The van der Waals surface area contributed by atoms with Crippen molar-refractivity contribution in [1.29, 1.82) is 0 Å². The van der Waals surface area contributed by atoms with Gasteiger partial charge in [0, 0.05) is 11.0 Å². The number of ether oxygens (including phenoxy) is 2. The third kappa shape index (κ3) is 6.07. The van der Waals surface area contributed by atoms with E-state index in [0.717, 1.165) is 17.1 Å². The van der Waals surface area contributed by atoms with E-state index in [1.807, 2.05) is 72.8 Å². The summed E-state index contributed by atoms with van der Waals surface area (Å²) < 4.78 is 25.5. The molecule has 0 saturated carbocycles. The molecule has 0 fully saturated rings. The van der Waals surface area contributed by atoms with Crippen LogP contribution in [0.2, 0.25) is 0 Å². The predicted octanol–water partition coefficient (Wildman–Crippen LogP) is 6.87. The maximum absolute atomic E-state index is 13.7. The summed E-state index contributed by atoms with van der Waals surface area (Å²) in [7, 11) is 0. The van der Waals surface area contributed by atoms with Crippen molar-refractivity contribution in [1.82, 2.24) is 0 Å². The van der Waals surface area contributed by atoms with Crippen LogP contribution in [-0.4, -0.2) is 6.61 Å². The van der Waals surface area contributed by atoms with Crippen molar-refractivity contribution in [2.75, 3.05) is 6.61 Å². The van der Waals surface area contributed by atoms with E-state index in [-0.39, 0.29) is 11.2 Å². The van der Waals surface area contributed by atoms with Gasteiger partial charge in [0.15, 0.2) is 0 Å². The van der Waals surface area contributed by atoms with E-state index < -0.39 is 0 Å². The molecular weight excluding hydrogens is 351 g/mol. The van der Waals surface area contributed by atoms with Crippen molar-refractivity contribution in [3.8, 4) is 11.5 Å². The van der Waals surface area contributed by atoms with E-state index in [9.17, 15) is 4.39 Å². The minimum absolute atomic E-state index is 0.208. The third-order valence-electron chi connectivity index (χ3n) is 4.24. The molecule has 28 heavy (non-hydrogen) atoms. The number of halogens is 1. The van der Waals surface area contributed by atoms with Crippen LogP contribution in [-0.2, 0) is 11.3 Å². The van der Waals surface area contributed by atoms with Gasteiger partial charge in [-0.2, -0.15) is 0 Å². The van der Waals surface area contributed by atoms with Gasteiger partial charge in [0.25, 0.3) is 0 Å². The maximum atomic E-state index is 13.7. The molecule has 0 bridgehead atoms. The van der Waals surface area contributed by atoms with Crippen LogP contribution in [0.4, 0.5) is 4.39 Å². The molecule has 0 atom stereocenters. The highest BCUT2D eigenvalue weighted by Gasteiger charge is 2.14. The summed E-state index contributed by atoms with van der Waals surface area (Å²) in [4.78, 5) is 0. The average molecular weight is 376 g/mol. The SMILES string of the molecule is CC(C)(/C=C/c1ccccc1F)COCc1cccc(Oc2ccccc2)c1. The second-order valence-electron chi connectivity index (χ2n) is 7.40. The van der Waals surface area contributed by atoms with E-state index in [2.05, 4.69) is 13.8 Å². The molecule has 3 aromatic carbocycles. The predicted molar refractivity (Wildman–Crippen MR) is 112 cm³/mol. The smallest absolute Gasteiger partial charge is 0.130 e. The Bertz CT molecular complexity index is 917. The molecule has 0 unspecified atom stereocenters. The number of rotatable bonds is 8. The van der Waals surface area contributed by atoms with Gasteiger partial charge >= 0.3 is 0 Å². The van der Waals surface area contributed by atoms with Gasteiger partial charge in [-0.3, -0.25) is 0 Å². The third-order valence-corrected chi connectivity index (χ3v) is 4.24. The van der Waals surface area contributed by atoms with E-state index >= 15 is 0 Å². The van der Waals surface area contributed by atoms with Crippen molar-refractivity contribution in [2.45, 2.75) is 20.5 Å². The number of hydrogen-bond donors (Lipinski definition) is 0. The zero-order valence-corrected chi connectivity index (χ0v) is 16.3. The average Bonchev–Trinajstić information content (AvgIpc) is 2.68. The molecular formula is C25H25FO2. The van der Waals surface area contributed by atoms with Gasteiger partial charge in [-0.1, -0.05) is 74.5 Å². The fourth-order valence-electron chi connectivity index (χ4n) is 2.73. The first-order valence-corrected chi connectivity index (χ1v) is 9.35. The molecule has 144 valence electrons. The Kier molecular flexibility index (Phi) is 6.62. The summed E-state index contributed by atoms with van der Waals surface area (Å²) in [6.07, 6.45) is 3.80. The Labute approximate surface area is 166 Å². The van der Waals surface area contributed by atoms with Gasteiger partial charge < -0.3 is 9.47 Å². The number of hydrogen-bond acceptors (Lipinski definition) is 2. The minimum Gasteiger partial charge on any atom is -0.457 e. The molecule has 0 heterocycles. The first-order chi connectivity index (χ1) is 13.5. The van der Waals surface area contributed by atoms with Crippen LogP contribution in [0.3, 0.4) is 0 Å². The monoisotopic (exact) mass is 376 g/mol. The largest absolute Gasteiger partial charge is 0.457 e. The molecule has 2 nitrogen and oxygen atoms in total. The van der Waals surface area contributed by atoms with Crippen LogP contribution < -0.4 is 4.74 Å². The van der Waals surface area contributed by atoms with Crippen LogP contribution >= 0.6 is 0 Å². The van der Waals surface area contributed by atoms with Crippen LogP contribution in [0.1, 0.15) is 25.0 Å². The molecule has 0 N–H and O–H groups in total. The maximum Gasteiger partial charge on any atom is 0.130 e. The van der Waals surface area contributed by atoms with E-state index in [1.165, 1.54) is 6.07 Å². The number of benzene rings is 3. The summed E-state index contributed by atoms with van der Waals surface area (Å²) >= 11 is 0. The van der Waals surface area contributed by atoms with E-state index in [4.69, 9.17) is 9.47 Å². The molecule has 0 aliphatic heterocycles. The Morgan fingerprint density at radius 1 is 0.857 bits per heavy atom. The lowest BCUT2D eigenvalue weighted by atomic mass is 9.93. The van der Waals surface area contributed by atoms with Gasteiger partial charge in [0.05, 0.1) is 13.2 Å². The topological polar surface area (TPSA) is 18.5 Å². The second-order valence-corrected chi connectivity index (χ2v) is 7.40. The van der Waals surface area contributed by atoms with E-state index in [0.29, 0.717) is 18.8 Å². The molecule has 3 aromatic rings. The van der Waals surface area contributed by atoms with Crippen molar-refractivity contribution in [3.63, 3.8) is 0 Å². The molecule has 0 aromatic heterocycles. The number of para-hydroxylation sites is 1. The van der Waals surface area contributed by atoms with E-state index in [1.54, 1.807) is 12.1 Å². The standard InChI is InChI=1S/C25H25FO2/c1-25(2,16-15-21-10-6-7-14-24(21)26)19-27-18-20-9-8-13-23(17-20)28-22-11-4-3-5-12-22/h3-17H,18-19H2,1-2H3/b16-15+. The zero-order chi connectivity index (χ0) is 19.8. The highest BCUT2D eigenvalue weighted by molar-refractivity contribution is 5.50. The Morgan fingerprint density at radius 2 is 1.57 bits per heavy atom. The molecule has 0 spiro atoms. The lowest BCUT2D eigenvalue weighted by Gasteiger charge is -2.20. The molecule has 0 saturated heterocycles. The van der Waals surface area contributed by atoms with Crippen molar-refractivity contribution < 1.29 is 13.9 Å². The Balaban J connectivity index is 1.54. The molecule has 0 amide bonds. The molecule has 3 rings (SSSR count). The van der Waals surface area contributed by atoms with Gasteiger partial charge in [-0.05, 0) is 35.9 Å². The summed E-state index contributed by atoms with van der Waals surface area (Å²) in [5.74, 6) is 1.37. The summed E-state index contributed by atoms with van der Waals surface area (Å²) in [5.41, 5.74) is 1.42. The van der Waals surface area contributed by atoms with Crippen LogP contribution in [0.25, 0.3) is 6.08 Å². The molecule has 0 aliphatic rings. The van der Waals surface area contributed by atoms with Gasteiger partial charge in [0.2, 0.25) is 0 Å². The summed E-state index contributed by atoms with van der Waals surface area (Å²) in [5, 5.41) is 0. The lowest BCUT2D eigenvalue weighted by molar-refractivity contribution is 0.0719. The van der Waals surface area contributed by atoms with Crippen LogP contribution in [0, 0.1) is 11.2 Å². The minimum atomic E-state index is -0.217. The zero-order valence-electron chi connectivity index (χ0n) is 16.3. The first kappa shape index (κ1) is 19.8. The summed E-state index contributed by atoms with van der Waals surface area (Å²) in [6, 6.07) is 24.3. The Hall–Kier alpha value is -2.91. The highest BCUT2D eigenvalue weighted by atomic mass is 19.1. The second kappa shape index (κ2) is 9.34. The summed E-state index contributed by atoms with van der Waals surface area (Å²) in [6.45, 7) is 5.16. The van der Waals surface area contributed by atoms with Crippen molar-refractivity contribution in [3.05, 3.63) is 102 Å². The van der Waals surface area contributed by atoms with Crippen molar-refractivity contribution in [2.24, 2.45) is 5.41 Å². The van der Waals surface area contributed by atoms with Gasteiger partial charge in [-0.15, -0.1) is 0 Å². The van der Waals surface area contributed by atoms with Gasteiger partial charge in [0.1, 0.15) is 17.3 Å². The van der Waals surface area contributed by atoms with Gasteiger partial charge in [-0.25, -0.2) is 4.39 Å². The lowest BCUT2D eigenvalue weighted by Crippen LogP contribution is -2.16. The highest BCUT2D eigenvalue weighted by Crippen LogP contribution is 2.24. The molecule has 0 radical (unpaired) electrons. The normalized spacial score (nSPS) is 11.7. The fourth-order valence-corrected chi connectivity index (χ4v) is 2.73.